The third-order valence-corrected chi connectivity index (χ3v) is 6.49. The summed E-state index contributed by atoms with van der Waals surface area (Å²) in [5.74, 6) is -0.729. The van der Waals surface area contributed by atoms with Gasteiger partial charge in [-0.05, 0) is 51.0 Å². The van der Waals surface area contributed by atoms with Crippen LogP contribution in [-0.4, -0.2) is 56.6 Å². The Kier molecular flexibility index (Phi) is 9.27. The lowest BCUT2D eigenvalue weighted by molar-refractivity contribution is -0.139. The highest BCUT2D eigenvalue weighted by Crippen LogP contribution is 2.22. The van der Waals surface area contributed by atoms with E-state index < -0.39 is 28.5 Å². The van der Waals surface area contributed by atoms with Gasteiger partial charge in [-0.15, -0.1) is 0 Å². The largest absolute Gasteiger partial charge is 0.352 e. The Balaban J connectivity index is 2.30. The normalized spacial score (nSPS) is 12.3. The minimum absolute atomic E-state index is 0.0785. The average molecular weight is 524 g/mol. The molecule has 174 valence electrons. The van der Waals surface area contributed by atoms with E-state index in [1.165, 1.54) is 4.90 Å². The van der Waals surface area contributed by atoms with Crippen molar-refractivity contribution in [2.75, 3.05) is 23.7 Å². The van der Waals surface area contributed by atoms with Crippen molar-refractivity contribution in [3.05, 3.63) is 64.6 Å². The van der Waals surface area contributed by atoms with Crippen molar-refractivity contribution in [2.24, 2.45) is 0 Å². The lowest BCUT2D eigenvalue weighted by Gasteiger charge is -2.32. The fourth-order valence-electron chi connectivity index (χ4n) is 3.22. The summed E-state index contributed by atoms with van der Waals surface area (Å²) in [6.07, 6.45) is 1.60. The highest BCUT2D eigenvalue weighted by Gasteiger charge is 2.30. The summed E-state index contributed by atoms with van der Waals surface area (Å²) >= 11 is 3.34. The van der Waals surface area contributed by atoms with Crippen molar-refractivity contribution in [3.63, 3.8) is 0 Å². The maximum Gasteiger partial charge on any atom is 0.244 e. The van der Waals surface area contributed by atoms with Crippen LogP contribution in [0.3, 0.4) is 0 Å². The Labute approximate surface area is 199 Å². The molecule has 1 N–H and O–H groups in total. The number of sulfonamides is 1. The van der Waals surface area contributed by atoms with Crippen LogP contribution in [0.15, 0.2) is 59.1 Å². The number of halogens is 1. The predicted octanol–water partition coefficient (Wildman–Crippen LogP) is 3.20. The summed E-state index contributed by atoms with van der Waals surface area (Å²) in [5, 5.41) is 2.83. The smallest absolute Gasteiger partial charge is 0.244 e. The Bertz CT molecular complexity index is 1030. The van der Waals surface area contributed by atoms with Crippen LogP contribution in [0.5, 0.6) is 0 Å². The quantitative estimate of drug-likeness (QED) is 0.517. The van der Waals surface area contributed by atoms with Crippen LogP contribution in [0, 0.1) is 0 Å². The molecule has 0 aromatic heterocycles. The maximum atomic E-state index is 13.3. The third kappa shape index (κ3) is 7.63. The van der Waals surface area contributed by atoms with Gasteiger partial charge in [0.15, 0.2) is 0 Å². The van der Waals surface area contributed by atoms with Crippen LogP contribution in [-0.2, 0) is 26.0 Å². The molecule has 0 bridgehead atoms. The van der Waals surface area contributed by atoms with Gasteiger partial charge in [0, 0.05) is 17.1 Å². The molecule has 0 aliphatic carbocycles. The van der Waals surface area contributed by atoms with Crippen LogP contribution in [0.4, 0.5) is 5.69 Å². The molecular formula is C23H30BrN3O4S. The highest BCUT2D eigenvalue weighted by atomic mass is 79.9. The van der Waals surface area contributed by atoms with E-state index in [0.29, 0.717) is 16.6 Å². The number of amides is 2. The molecule has 32 heavy (non-hydrogen) atoms. The van der Waals surface area contributed by atoms with Crippen molar-refractivity contribution < 1.29 is 18.0 Å². The van der Waals surface area contributed by atoms with Crippen molar-refractivity contribution in [2.45, 2.75) is 39.3 Å². The van der Waals surface area contributed by atoms with E-state index in [-0.39, 0.29) is 18.5 Å². The zero-order chi connectivity index (χ0) is 23.9. The molecular weight excluding hydrogens is 494 g/mol. The number of carbonyl (C=O) groups is 2. The number of hydrogen-bond acceptors (Lipinski definition) is 4. The molecule has 0 aliphatic heterocycles. The van der Waals surface area contributed by atoms with E-state index in [1.54, 1.807) is 31.2 Å². The SMILES string of the molecule is CC(C)NC(=O)[C@@H](C)N(CCc1ccccc1)C(=O)CN(c1cccc(Br)c1)S(C)(=O)=O. The molecule has 0 fully saturated rings. The maximum absolute atomic E-state index is 13.3. The topological polar surface area (TPSA) is 86.8 Å². The van der Waals surface area contributed by atoms with Crippen LogP contribution < -0.4 is 9.62 Å². The van der Waals surface area contributed by atoms with Crippen molar-refractivity contribution in [1.82, 2.24) is 10.2 Å². The van der Waals surface area contributed by atoms with E-state index in [2.05, 4.69) is 21.2 Å². The molecule has 0 radical (unpaired) electrons. The lowest BCUT2D eigenvalue weighted by atomic mass is 10.1. The van der Waals surface area contributed by atoms with Gasteiger partial charge in [-0.2, -0.15) is 0 Å². The Hall–Kier alpha value is -2.39. The number of anilines is 1. The molecule has 2 amide bonds. The van der Waals surface area contributed by atoms with E-state index in [9.17, 15) is 18.0 Å². The monoisotopic (exact) mass is 523 g/mol. The van der Waals surface area contributed by atoms with Crippen molar-refractivity contribution >= 4 is 43.5 Å². The molecule has 0 unspecified atom stereocenters. The summed E-state index contributed by atoms with van der Waals surface area (Å²) in [5.41, 5.74) is 1.39. The zero-order valence-electron chi connectivity index (χ0n) is 18.8. The third-order valence-electron chi connectivity index (χ3n) is 4.86. The van der Waals surface area contributed by atoms with Crippen molar-refractivity contribution in [1.29, 1.82) is 0 Å². The fraction of sp³-hybridized carbons (Fsp3) is 0.391. The number of benzene rings is 2. The first-order valence-corrected chi connectivity index (χ1v) is 13.0. The van der Waals surface area contributed by atoms with E-state index >= 15 is 0 Å². The second-order valence-electron chi connectivity index (χ2n) is 7.91. The first-order valence-electron chi connectivity index (χ1n) is 10.4. The lowest BCUT2D eigenvalue weighted by Crippen LogP contribution is -2.53. The predicted molar refractivity (Wildman–Crippen MR) is 131 cm³/mol. The van der Waals surface area contributed by atoms with Gasteiger partial charge in [0.1, 0.15) is 12.6 Å². The molecule has 0 heterocycles. The number of nitrogens with zero attached hydrogens (tertiary/aromatic N) is 2. The van der Waals surface area contributed by atoms with Gasteiger partial charge < -0.3 is 10.2 Å². The molecule has 2 aromatic rings. The minimum atomic E-state index is -3.73. The Morgan fingerprint density at radius 1 is 1.03 bits per heavy atom. The molecule has 7 nitrogen and oxygen atoms in total. The van der Waals surface area contributed by atoms with Gasteiger partial charge in [0.05, 0.1) is 11.9 Å². The second kappa shape index (κ2) is 11.5. The van der Waals surface area contributed by atoms with Crippen LogP contribution >= 0.6 is 15.9 Å². The van der Waals surface area contributed by atoms with Gasteiger partial charge in [-0.3, -0.25) is 13.9 Å². The number of carbonyl (C=O) groups excluding carboxylic acids is 2. The highest BCUT2D eigenvalue weighted by molar-refractivity contribution is 9.10. The molecule has 0 aliphatic rings. The average Bonchev–Trinajstić information content (AvgIpc) is 2.71. The Morgan fingerprint density at radius 2 is 1.69 bits per heavy atom. The zero-order valence-corrected chi connectivity index (χ0v) is 21.2. The van der Waals surface area contributed by atoms with Gasteiger partial charge in [-0.1, -0.05) is 52.3 Å². The molecule has 0 saturated carbocycles. The van der Waals surface area contributed by atoms with Gasteiger partial charge in [0.2, 0.25) is 21.8 Å². The molecule has 2 rings (SSSR count). The second-order valence-corrected chi connectivity index (χ2v) is 10.7. The van der Waals surface area contributed by atoms with Gasteiger partial charge in [-0.25, -0.2) is 8.42 Å². The first kappa shape index (κ1) is 25.9. The van der Waals surface area contributed by atoms with Crippen LogP contribution in [0.2, 0.25) is 0 Å². The van der Waals surface area contributed by atoms with E-state index in [0.717, 1.165) is 16.1 Å². The number of hydrogen-bond donors (Lipinski definition) is 1. The fourth-order valence-corrected chi connectivity index (χ4v) is 4.45. The summed E-state index contributed by atoms with van der Waals surface area (Å²) < 4.78 is 26.7. The van der Waals surface area contributed by atoms with Crippen LogP contribution in [0.1, 0.15) is 26.3 Å². The number of rotatable bonds is 10. The molecule has 0 spiro atoms. The molecule has 0 saturated heterocycles. The van der Waals surface area contributed by atoms with Gasteiger partial charge in [0.25, 0.3) is 0 Å². The minimum Gasteiger partial charge on any atom is -0.352 e. The van der Waals surface area contributed by atoms with Crippen molar-refractivity contribution in [3.8, 4) is 0 Å². The molecule has 1 atom stereocenters. The summed E-state index contributed by atoms with van der Waals surface area (Å²) in [6.45, 7) is 5.23. The summed E-state index contributed by atoms with van der Waals surface area (Å²) in [6, 6.07) is 15.5. The van der Waals surface area contributed by atoms with E-state index in [1.807, 2.05) is 44.2 Å². The van der Waals surface area contributed by atoms with Gasteiger partial charge >= 0.3 is 0 Å². The van der Waals surface area contributed by atoms with E-state index in [4.69, 9.17) is 0 Å². The molecule has 2 aromatic carbocycles. The van der Waals surface area contributed by atoms with Crippen LogP contribution in [0.25, 0.3) is 0 Å². The summed E-state index contributed by atoms with van der Waals surface area (Å²) in [4.78, 5) is 27.4. The molecule has 9 heteroatoms. The first-order chi connectivity index (χ1) is 15.0. The standard InChI is InChI=1S/C23H30BrN3O4S/c1-17(2)25-23(29)18(3)26(14-13-19-9-6-5-7-10-19)22(28)16-27(32(4,30)31)21-12-8-11-20(24)15-21/h5-12,15,17-18H,13-14,16H2,1-4H3,(H,25,29)/t18-/m1/s1. The number of nitrogens with one attached hydrogen (secondary N) is 1. The summed E-state index contributed by atoms with van der Waals surface area (Å²) in [7, 11) is -3.73. The Morgan fingerprint density at radius 3 is 2.25 bits per heavy atom.